The number of nitriles is 1. The molecule has 0 fully saturated rings. The van der Waals surface area contributed by atoms with Crippen LogP contribution in [0.1, 0.15) is 37.6 Å². The smallest absolute Gasteiger partial charge is 0.419 e. The number of nitrogens with zero attached hydrogens (tertiary/aromatic N) is 3. The Labute approximate surface area is 221 Å². The molecule has 2 heterocycles. The summed E-state index contributed by atoms with van der Waals surface area (Å²) in [5.74, 6) is -0.450. The topological polar surface area (TPSA) is 89.2 Å². The Kier molecular flexibility index (Phi) is 7.49. The van der Waals surface area contributed by atoms with E-state index in [0.29, 0.717) is 23.4 Å². The molecule has 1 N–H and O–H groups in total. The van der Waals surface area contributed by atoms with Gasteiger partial charge in [0, 0.05) is 29.2 Å². The van der Waals surface area contributed by atoms with Crippen molar-refractivity contribution in [3.8, 4) is 11.9 Å². The Morgan fingerprint density at radius 3 is 2.41 bits per heavy atom. The van der Waals surface area contributed by atoms with Gasteiger partial charge < -0.3 is 14.8 Å². The first-order chi connectivity index (χ1) is 18.3. The molecule has 202 valence electrons. The molecule has 0 unspecified atom stereocenters. The summed E-state index contributed by atoms with van der Waals surface area (Å²) in [6, 6.07) is 14.5. The molecule has 7 nitrogen and oxygen atoms in total. The van der Waals surface area contributed by atoms with E-state index in [1.54, 1.807) is 39.0 Å². The first-order valence-corrected chi connectivity index (χ1v) is 11.8. The third-order valence-corrected chi connectivity index (χ3v) is 5.47. The van der Waals surface area contributed by atoms with E-state index >= 15 is 0 Å². The molecule has 0 saturated heterocycles. The van der Waals surface area contributed by atoms with E-state index in [0.717, 1.165) is 22.9 Å². The molecule has 0 bridgehead atoms. The van der Waals surface area contributed by atoms with Gasteiger partial charge in [-0.2, -0.15) is 18.4 Å². The summed E-state index contributed by atoms with van der Waals surface area (Å²) in [7, 11) is 0. The van der Waals surface area contributed by atoms with Crippen molar-refractivity contribution in [2.45, 2.75) is 39.0 Å². The van der Waals surface area contributed by atoms with Crippen molar-refractivity contribution >= 4 is 28.4 Å². The van der Waals surface area contributed by atoms with Gasteiger partial charge >= 0.3 is 12.3 Å². The third kappa shape index (κ3) is 6.84. The number of hydrogen-bond acceptors (Lipinski definition) is 6. The van der Waals surface area contributed by atoms with Gasteiger partial charge in [0.2, 0.25) is 5.88 Å². The maximum absolute atomic E-state index is 14.5. The lowest BCUT2D eigenvalue weighted by Gasteiger charge is -2.19. The van der Waals surface area contributed by atoms with Crippen molar-refractivity contribution < 1.29 is 31.8 Å². The molecular formula is C28H24F4N4O3. The van der Waals surface area contributed by atoms with Crippen LogP contribution in [0.2, 0.25) is 0 Å². The van der Waals surface area contributed by atoms with Crippen LogP contribution in [0.15, 0.2) is 60.8 Å². The van der Waals surface area contributed by atoms with Crippen LogP contribution in [0.4, 0.5) is 33.7 Å². The van der Waals surface area contributed by atoms with Crippen molar-refractivity contribution in [2.75, 3.05) is 11.9 Å². The molecule has 4 rings (SSSR count). The summed E-state index contributed by atoms with van der Waals surface area (Å²) >= 11 is 0. The molecule has 0 spiro atoms. The van der Waals surface area contributed by atoms with Gasteiger partial charge in [-0.25, -0.2) is 18.7 Å². The van der Waals surface area contributed by atoms with Gasteiger partial charge in [-0.3, -0.25) is 0 Å². The Bertz CT molecular complexity index is 1550. The predicted molar refractivity (Wildman–Crippen MR) is 136 cm³/mol. The van der Waals surface area contributed by atoms with Crippen LogP contribution in [0.25, 0.3) is 10.9 Å². The molecule has 2 aromatic heterocycles. The Balaban J connectivity index is 1.50. The molecule has 2 aromatic carbocycles. The first-order valence-electron chi connectivity index (χ1n) is 11.8. The minimum atomic E-state index is -4.41. The number of fused-ring (bicyclic) bond motifs is 1. The van der Waals surface area contributed by atoms with Gasteiger partial charge in [-0.15, -0.1) is 0 Å². The zero-order valence-corrected chi connectivity index (χ0v) is 21.3. The van der Waals surface area contributed by atoms with Crippen LogP contribution in [0.5, 0.6) is 5.88 Å². The minimum Gasteiger partial charge on any atom is -0.477 e. The normalized spacial score (nSPS) is 11.7. The molecule has 0 saturated carbocycles. The highest BCUT2D eigenvalue weighted by molar-refractivity contribution is 5.92. The highest BCUT2D eigenvalue weighted by Crippen LogP contribution is 2.30. The Morgan fingerprint density at radius 1 is 1.05 bits per heavy atom. The van der Waals surface area contributed by atoms with Gasteiger partial charge in [0.25, 0.3) is 0 Å². The van der Waals surface area contributed by atoms with E-state index in [1.165, 1.54) is 24.3 Å². The van der Waals surface area contributed by atoms with Crippen LogP contribution in [-0.4, -0.2) is 27.9 Å². The van der Waals surface area contributed by atoms with E-state index in [-0.39, 0.29) is 29.1 Å². The summed E-state index contributed by atoms with van der Waals surface area (Å²) in [5, 5.41) is 12.7. The molecule has 0 aliphatic carbocycles. The van der Waals surface area contributed by atoms with E-state index < -0.39 is 29.3 Å². The zero-order valence-electron chi connectivity index (χ0n) is 21.3. The van der Waals surface area contributed by atoms with E-state index in [4.69, 9.17) is 9.47 Å². The van der Waals surface area contributed by atoms with Crippen molar-refractivity contribution in [1.29, 1.82) is 5.26 Å². The lowest BCUT2D eigenvalue weighted by molar-refractivity contribution is -0.137. The van der Waals surface area contributed by atoms with Crippen LogP contribution < -0.4 is 10.1 Å². The highest BCUT2D eigenvalue weighted by Gasteiger charge is 2.29. The summed E-state index contributed by atoms with van der Waals surface area (Å²) < 4.78 is 64.8. The number of nitrogens with one attached hydrogen (secondary N) is 1. The van der Waals surface area contributed by atoms with E-state index in [2.05, 4.69) is 10.3 Å². The van der Waals surface area contributed by atoms with Crippen molar-refractivity contribution in [1.82, 2.24) is 9.55 Å². The molecule has 39 heavy (non-hydrogen) atoms. The number of benzene rings is 2. The zero-order chi connectivity index (χ0) is 28.4. The number of pyridine rings is 1. The second-order valence-electron chi connectivity index (χ2n) is 9.67. The molecule has 0 atom stereocenters. The second kappa shape index (κ2) is 10.6. The number of carbonyl (C=O) groups is 1. The fourth-order valence-corrected chi connectivity index (χ4v) is 3.73. The van der Waals surface area contributed by atoms with Crippen LogP contribution in [0, 0.1) is 17.1 Å². The van der Waals surface area contributed by atoms with Crippen molar-refractivity contribution in [3.63, 3.8) is 0 Å². The summed E-state index contributed by atoms with van der Waals surface area (Å²) in [6.45, 7) is 5.24. The Morgan fingerprint density at radius 2 is 1.77 bits per heavy atom. The number of ether oxygens (including phenoxy) is 2. The lowest BCUT2D eigenvalue weighted by atomic mass is 10.1. The molecule has 4 aromatic rings. The number of rotatable bonds is 6. The van der Waals surface area contributed by atoms with Crippen LogP contribution in [0.3, 0.4) is 0 Å². The molecular weight excluding hydrogens is 516 g/mol. The molecule has 11 heteroatoms. The fraction of sp³-hybridized carbons (Fsp3) is 0.250. The fourth-order valence-electron chi connectivity index (χ4n) is 3.73. The maximum Gasteiger partial charge on any atom is 0.419 e. The standard InChI is InChI=1S/C28H24F4N4O3/c1-27(2,3)39-26(37)36-16-23(29)22-9-8-19(13-24(22)36)34-20-12-21(15-33)35-25(14-20)38-11-10-17-4-6-18(7-5-17)28(30,31)32/h4-9,12-14,16H,10-11H2,1-3H3,(H,34,35). The molecule has 0 aliphatic rings. The number of alkyl halides is 3. The number of anilines is 2. The monoisotopic (exact) mass is 540 g/mol. The Hall–Kier alpha value is -4.59. The quantitative estimate of drug-likeness (QED) is 0.260. The second-order valence-corrected chi connectivity index (χ2v) is 9.67. The molecule has 0 radical (unpaired) electrons. The number of halogens is 4. The van der Waals surface area contributed by atoms with Crippen molar-refractivity contribution in [3.05, 3.63) is 83.4 Å². The largest absolute Gasteiger partial charge is 0.477 e. The van der Waals surface area contributed by atoms with Crippen LogP contribution in [-0.2, 0) is 17.3 Å². The average Bonchev–Trinajstić information content (AvgIpc) is 3.18. The number of carbonyl (C=O) groups excluding carboxylic acids is 1. The summed E-state index contributed by atoms with van der Waals surface area (Å²) in [6.07, 6.45) is -3.75. The van der Waals surface area contributed by atoms with Gasteiger partial charge in [-0.1, -0.05) is 12.1 Å². The van der Waals surface area contributed by atoms with Crippen molar-refractivity contribution in [2.24, 2.45) is 0 Å². The minimum absolute atomic E-state index is 0.0637. The molecule has 0 amide bonds. The summed E-state index contributed by atoms with van der Waals surface area (Å²) in [5.41, 5.74) is 0.436. The lowest BCUT2D eigenvalue weighted by Crippen LogP contribution is -2.26. The maximum atomic E-state index is 14.5. The van der Waals surface area contributed by atoms with Gasteiger partial charge in [-0.05, 0) is 62.7 Å². The van der Waals surface area contributed by atoms with E-state index in [9.17, 15) is 27.6 Å². The SMILES string of the molecule is CC(C)(C)OC(=O)n1cc(F)c2ccc(Nc3cc(C#N)nc(OCCc4ccc(C(F)(F)F)cc4)c3)cc21. The molecule has 0 aliphatic heterocycles. The number of hydrogen-bond donors (Lipinski definition) is 1. The third-order valence-electron chi connectivity index (χ3n) is 5.47. The summed E-state index contributed by atoms with van der Waals surface area (Å²) in [4.78, 5) is 16.7. The van der Waals surface area contributed by atoms with Gasteiger partial charge in [0.1, 0.15) is 23.2 Å². The average molecular weight is 541 g/mol. The highest BCUT2D eigenvalue weighted by atomic mass is 19.4. The van der Waals surface area contributed by atoms with Crippen LogP contribution >= 0.6 is 0 Å². The number of aromatic nitrogens is 2. The first kappa shape index (κ1) is 27.4. The van der Waals surface area contributed by atoms with Gasteiger partial charge in [0.05, 0.1) is 23.9 Å². The van der Waals surface area contributed by atoms with E-state index in [1.807, 2.05) is 6.07 Å². The van der Waals surface area contributed by atoms with Gasteiger partial charge in [0.15, 0.2) is 0 Å². The predicted octanol–water partition coefficient (Wildman–Crippen LogP) is 7.21.